The van der Waals surface area contributed by atoms with Crippen LogP contribution in [0.3, 0.4) is 0 Å². The molecule has 0 aliphatic carbocycles. The van der Waals surface area contributed by atoms with Gasteiger partial charge in [-0.3, -0.25) is 4.98 Å². The van der Waals surface area contributed by atoms with Gasteiger partial charge in [-0.2, -0.15) is 5.10 Å². The van der Waals surface area contributed by atoms with E-state index in [1.807, 2.05) is 31.3 Å². The second kappa shape index (κ2) is 5.48. The molecule has 0 fully saturated rings. The summed E-state index contributed by atoms with van der Waals surface area (Å²) >= 11 is 0. The highest BCUT2D eigenvalue weighted by molar-refractivity contribution is 5.43. The Morgan fingerprint density at radius 1 is 1.10 bits per heavy atom. The summed E-state index contributed by atoms with van der Waals surface area (Å²) in [5.41, 5.74) is 3.11. The standard InChI is InChI=1S/C14H14N6/c1-11-2-3-12(6-16-11)7-17-13-4-5-14(18-8-13)20-10-15-9-19-20/h2-6,8-10,17H,7H2,1H3. The van der Waals surface area contributed by atoms with Crippen LogP contribution in [-0.4, -0.2) is 24.7 Å². The quantitative estimate of drug-likeness (QED) is 0.782. The SMILES string of the molecule is Cc1ccc(CNc2ccc(-n3cncn3)nc2)cn1. The molecule has 0 unspecified atom stereocenters. The molecule has 0 saturated carbocycles. The Labute approximate surface area is 116 Å². The van der Waals surface area contributed by atoms with Gasteiger partial charge in [-0.15, -0.1) is 0 Å². The highest BCUT2D eigenvalue weighted by Crippen LogP contribution is 2.10. The molecule has 3 aromatic rings. The van der Waals surface area contributed by atoms with Crippen LogP contribution < -0.4 is 5.32 Å². The van der Waals surface area contributed by atoms with Crippen LogP contribution in [0, 0.1) is 6.92 Å². The summed E-state index contributed by atoms with van der Waals surface area (Å²) < 4.78 is 1.62. The second-order valence-corrected chi connectivity index (χ2v) is 4.41. The molecule has 0 amide bonds. The van der Waals surface area contributed by atoms with Gasteiger partial charge in [-0.1, -0.05) is 6.07 Å². The van der Waals surface area contributed by atoms with E-state index in [0.717, 1.165) is 29.3 Å². The van der Waals surface area contributed by atoms with E-state index >= 15 is 0 Å². The van der Waals surface area contributed by atoms with E-state index in [1.54, 1.807) is 17.2 Å². The topological polar surface area (TPSA) is 68.5 Å². The minimum Gasteiger partial charge on any atom is -0.380 e. The van der Waals surface area contributed by atoms with Gasteiger partial charge in [0.15, 0.2) is 5.82 Å². The maximum Gasteiger partial charge on any atom is 0.155 e. The third-order valence-electron chi connectivity index (χ3n) is 2.87. The number of hydrogen-bond donors (Lipinski definition) is 1. The Morgan fingerprint density at radius 2 is 2.05 bits per heavy atom. The van der Waals surface area contributed by atoms with E-state index in [-0.39, 0.29) is 0 Å². The largest absolute Gasteiger partial charge is 0.380 e. The van der Waals surface area contributed by atoms with Crippen LogP contribution in [0.5, 0.6) is 0 Å². The summed E-state index contributed by atoms with van der Waals surface area (Å²) in [7, 11) is 0. The molecule has 6 nitrogen and oxygen atoms in total. The smallest absolute Gasteiger partial charge is 0.155 e. The molecular formula is C14H14N6. The van der Waals surface area contributed by atoms with Crippen LogP contribution in [0.1, 0.15) is 11.3 Å². The number of aryl methyl sites for hydroxylation is 1. The molecule has 0 radical (unpaired) electrons. The molecule has 0 spiro atoms. The first-order valence-electron chi connectivity index (χ1n) is 6.28. The normalized spacial score (nSPS) is 10.4. The summed E-state index contributed by atoms with van der Waals surface area (Å²) in [5, 5.41) is 7.34. The van der Waals surface area contributed by atoms with Gasteiger partial charge in [0.1, 0.15) is 12.7 Å². The Hall–Kier alpha value is -2.76. The van der Waals surface area contributed by atoms with Crippen molar-refractivity contribution < 1.29 is 0 Å². The molecule has 0 bridgehead atoms. The first-order valence-corrected chi connectivity index (χ1v) is 6.28. The molecule has 6 heteroatoms. The molecule has 20 heavy (non-hydrogen) atoms. The lowest BCUT2D eigenvalue weighted by Crippen LogP contribution is -2.02. The lowest BCUT2D eigenvalue weighted by molar-refractivity contribution is 0.845. The highest BCUT2D eigenvalue weighted by Gasteiger charge is 1.99. The summed E-state index contributed by atoms with van der Waals surface area (Å²) in [6.45, 7) is 2.70. The van der Waals surface area contributed by atoms with Crippen LogP contribution in [0.2, 0.25) is 0 Å². The van der Waals surface area contributed by atoms with Gasteiger partial charge in [0, 0.05) is 18.4 Å². The number of aromatic nitrogens is 5. The van der Waals surface area contributed by atoms with Gasteiger partial charge in [0.2, 0.25) is 0 Å². The molecule has 3 aromatic heterocycles. The van der Waals surface area contributed by atoms with Gasteiger partial charge < -0.3 is 5.32 Å². The number of pyridine rings is 2. The van der Waals surface area contributed by atoms with Gasteiger partial charge >= 0.3 is 0 Å². The number of nitrogens with zero attached hydrogens (tertiary/aromatic N) is 5. The van der Waals surface area contributed by atoms with Crippen molar-refractivity contribution in [2.75, 3.05) is 5.32 Å². The summed E-state index contributed by atoms with van der Waals surface area (Å²) in [4.78, 5) is 12.5. The Balaban J connectivity index is 1.65. The first-order chi connectivity index (χ1) is 9.81. The van der Waals surface area contributed by atoms with E-state index in [0.29, 0.717) is 0 Å². The average Bonchev–Trinajstić information content (AvgIpc) is 3.01. The molecule has 1 N–H and O–H groups in total. The third kappa shape index (κ3) is 2.80. The average molecular weight is 266 g/mol. The molecule has 0 saturated heterocycles. The third-order valence-corrected chi connectivity index (χ3v) is 2.87. The van der Waals surface area contributed by atoms with Crippen LogP contribution >= 0.6 is 0 Å². The Bertz CT molecular complexity index is 658. The van der Waals surface area contributed by atoms with Gasteiger partial charge in [-0.25, -0.2) is 14.6 Å². The molecule has 0 aliphatic heterocycles. The van der Waals surface area contributed by atoms with Crippen LogP contribution in [0.15, 0.2) is 49.3 Å². The van der Waals surface area contributed by atoms with Crippen molar-refractivity contribution >= 4 is 5.69 Å². The van der Waals surface area contributed by atoms with Gasteiger partial charge in [-0.05, 0) is 30.7 Å². The number of nitrogens with one attached hydrogen (secondary N) is 1. The zero-order valence-corrected chi connectivity index (χ0v) is 11.1. The molecular weight excluding hydrogens is 252 g/mol. The fourth-order valence-electron chi connectivity index (χ4n) is 1.76. The Kier molecular flexibility index (Phi) is 3.36. The van der Waals surface area contributed by atoms with Crippen LogP contribution in [-0.2, 0) is 6.54 Å². The number of anilines is 1. The van der Waals surface area contributed by atoms with Crippen molar-refractivity contribution in [1.29, 1.82) is 0 Å². The summed E-state index contributed by atoms with van der Waals surface area (Å²) in [6, 6.07) is 7.92. The zero-order chi connectivity index (χ0) is 13.8. The van der Waals surface area contributed by atoms with Crippen molar-refractivity contribution in [3.63, 3.8) is 0 Å². The van der Waals surface area contributed by atoms with E-state index in [1.165, 1.54) is 6.33 Å². The van der Waals surface area contributed by atoms with E-state index in [2.05, 4.69) is 31.4 Å². The molecule has 3 rings (SSSR count). The number of hydrogen-bond acceptors (Lipinski definition) is 5. The van der Waals surface area contributed by atoms with E-state index in [9.17, 15) is 0 Å². The predicted octanol–water partition coefficient (Wildman–Crippen LogP) is 1.98. The lowest BCUT2D eigenvalue weighted by Gasteiger charge is -2.07. The highest BCUT2D eigenvalue weighted by atomic mass is 15.3. The second-order valence-electron chi connectivity index (χ2n) is 4.41. The predicted molar refractivity (Wildman–Crippen MR) is 75.5 cm³/mol. The minimum absolute atomic E-state index is 0.720. The van der Waals surface area contributed by atoms with Crippen LogP contribution in [0.25, 0.3) is 5.82 Å². The fraction of sp³-hybridized carbons (Fsp3) is 0.143. The summed E-state index contributed by atoms with van der Waals surface area (Å²) in [6.07, 6.45) is 6.75. The fourth-order valence-corrected chi connectivity index (χ4v) is 1.76. The molecule has 3 heterocycles. The van der Waals surface area contributed by atoms with Gasteiger partial charge in [0.25, 0.3) is 0 Å². The maximum absolute atomic E-state index is 4.33. The van der Waals surface area contributed by atoms with E-state index in [4.69, 9.17) is 0 Å². The van der Waals surface area contributed by atoms with Crippen molar-refractivity contribution in [3.8, 4) is 5.82 Å². The van der Waals surface area contributed by atoms with Crippen LogP contribution in [0.4, 0.5) is 5.69 Å². The maximum atomic E-state index is 4.33. The van der Waals surface area contributed by atoms with Crippen molar-refractivity contribution in [1.82, 2.24) is 24.7 Å². The molecule has 100 valence electrons. The minimum atomic E-state index is 0.720. The summed E-state index contributed by atoms with van der Waals surface area (Å²) in [5.74, 6) is 0.741. The van der Waals surface area contributed by atoms with Gasteiger partial charge in [0.05, 0.1) is 11.9 Å². The van der Waals surface area contributed by atoms with E-state index < -0.39 is 0 Å². The number of rotatable bonds is 4. The Morgan fingerprint density at radius 3 is 2.70 bits per heavy atom. The van der Waals surface area contributed by atoms with Crippen molar-refractivity contribution in [2.24, 2.45) is 0 Å². The lowest BCUT2D eigenvalue weighted by atomic mass is 10.2. The first kappa shape index (κ1) is 12.3. The molecule has 0 aromatic carbocycles. The molecule has 0 aliphatic rings. The van der Waals surface area contributed by atoms with Crippen molar-refractivity contribution in [2.45, 2.75) is 13.5 Å². The van der Waals surface area contributed by atoms with Crippen molar-refractivity contribution in [3.05, 3.63) is 60.6 Å². The zero-order valence-electron chi connectivity index (χ0n) is 11.1. The molecule has 0 atom stereocenters. The monoisotopic (exact) mass is 266 g/mol.